The summed E-state index contributed by atoms with van der Waals surface area (Å²) in [6.07, 6.45) is 0. The van der Waals surface area contributed by atoms with Crippen LogP contribution in [0.15, 0.2) is 11.3 Å². The predicted octanol–water partition coefficient (Wildman–Crippen LogP) is 0.496. The molecule has 13 heavy (non-hydrogen) atoms. The van der Waals surface area contributed by atoms with E-state index in [0.29, 0.717) is 0 Å². The molecule has 1 aliphatic heterocycles. The molecule has 4 nitrogen and oxygen atoms in total. The molecular formula is C9H13NO3. The van der Waals surface area contributed by atoms with E-state index in [-0.39, 0.29) is 35.5 Å². The predicted molar refractivity (Wildman–Crippen MR) is 47.1 cm³/mol. The number of nitrogens with zero attached hydrogens (tertiary/aromatic N) is 1. The van der Waals surface area contributed by atoms with E-state index in [4.69, 9.17) is 0 Å². The van der Waals surface area contributed by atoms with Crippen molar-refractivity contribution < 1.29 is 14.7 Å². The van der Waals surface area contributed by atoms with Gasteiger partial charge in [0.05, 0.1) is 6.54 Å². The van der Waals surface area contributed by atoms with Crippen molar-refractivity contribution in [3.05, 3.63) is 11.3 Å². The molecule has 0 aromatic heterocycles. The molecule has 1 rings (SSSR count). The Hall–Kier alpha value is -1.32. The summed E-state index contributed by atoms with van der Waals surface area (Å²) in [7, 11) is 1.55. The highest BCUT2D eigenvalue weighted by atomic mass is 16.3. The number of ketones is 1. The van der Waals surface area contributed by atoms with Crippen molar-refractivity contribution in [3.8, 4) is 0 Å². The molecule has 72 valence electrons. The molecule has 0 aliphatic carbocycles. The van der Waals surface area contributed by atoms with Crippen molar-refractivity contribution >= 4 is 11.7 Å². The zero-order chi connectivity index (χ0) is 10.2. The van der Waals surface area contributed by atoms with Crippen molar-refractivity contribution in [2.75, 3.05) is 13.6 Å². The van der Waals surface area contributed by atoms with Gasteiger partial charge in [-0.2, -0.15) is 0 Å². The van der Waals surface area contributed by atoms with Gasteiger partial charge in [-0.25, -0.2) is 0 Å². The Labute approximate surface area is 76.8 Å². The van der Waals surface area contributed by atoms with E-state index < -0.39 is 0 Å². The summed E-state index contributed by atoms with van der Waals surface area (Å²) in [6, 6.07) is 0. The lowest BCUT2D eigenvalue weighted by molar-refractivity contribution is -0.128. The molecule has 0 radical (unpaired) electrons. The van der Waals surface area contributed by atoms with E-state index in [1.165, 1.54) is 4.90 Å². The zero-order valence-corrected chi connectivity index (χ0v) is 8.00. The normalized spacial score (nSPS) is 17.5. The molecule has 1 amide bonds. The summed E-state index contributed by atoms with van der Waals surface area (Å²) in [5.74, 6) is -1.03. The van der Waals surface area contributed by atoms with E-state index in [1.54, 1.807) is 20.9 Å². The average Bonchev–Trinajstić information content (AvgIpc) is 2.26. The molecule has 0 aromatic rings. The minimum absolute atomic E-state index is 0.0440. The smallest absolute Gasteiger partial charge is 0.261 e. The molecule has 0 spiro atoms. The molecule has 4 heteroatoms. The van der Waals surface area contributed by atoms with E-state index in [2.05, 4.69) is 0 Å². The van der Waals surface area contributed by atoms with Gasteiger partial charge in [-0.05, 0) is 0 Å². The third-order valence-corrected chi connectivity index (χ3v) is 2.01. The van der Waals surface area contributed by atoms with Gasteiger partial charge < -0.3 is 10.0 Å². The fraction of sp³-hybridized carbons (Fsp3) is 0.556. The van der Waals surface area contributed by atoms with Crippen LogP contribution in [0.5, 0.6) is 0 Å². The Morgan fingerprint density at radius 2 is 2.08 bits per heavy atom. The van der Waals surface area contributed by atoms with E-state index >= 15 is 0 Å². The number of hydrogen-bond donors (Lipinski definition) is 1. The van der Waals surface area contributed by atoms with Crippen LogP contribution in [0.25, 0.3) is 0 Å². The molecular weight excluding hydrogens is 170 g/mol. The Kier molecular flexibility index (Phi) is 2.40. The van der Waals surface area contributed by atoms with Gasteiger partial charge in [0.25, 0.3) is 5.91 Å². The number of rotatable bonds is 2. The number of aliphatic hydroxyl groups excluding tert-OH is 1. The summed E-state index contributed by atoms with van der Waals surface area (Å²) >= 11 is 0. The van der Waals surface area contributed by atoms with Crippen molar-refractivity contribution in [3.63, 3.8) is 0 Å². The van der Waals surface area contributed by atoms with Crippen LogP contribution in [0.3, 0.4) is 0 Å². The van der Waals surface area contributed by atoms with Gasteiger partial charge in [0, 0.05) is 13.0 Å². The largest absolute Gasteiger partial charge is 0.509 e. The third kappa shape index (κ3) is 1.56. The van der Waals surface area contributed by atoms with E-state index in [0.717, 1.165) is 0 Å². The van der Waals surface area contributed by atoms with Gasteiger partial charge in [0.2, 0.25) is 0 Å². The standard InChI is InChI=1S/C9H13NO3/c1-5(2)8(12)7-6(11)4-10(3)9(7)13/h5,11H,4H2,1-3H3. The fourth-order valence-corrected chi connectivity index (χ4v) is 1.23. The van der Waals surface area contributed by atoms with Crippen LogP contribution in [0.4, 0.5) is 0 Å². The summed E-state index contributed by atoms with van der Waals surface area (Å²) in [6.45, 7) is 3.55. The van der Waals surface area contributed by atoms with Crippen LogP contribution in [-0.4, -0.2) is 35.3 Å². The molecule has 0 saturated carbocycles. The SMILES string of the molecule is CC(C)C(=O)C1=C(O)CN(C)C1=O. The van der Waals surface area contributed by atoms with Gasteiger partial charge in [0.1, 0.15) is 11.3 Å². The minimum atomic E-state index is -0.379. The van der Waals surface area contributed by atoms with Crippen molar-refractivity contribution in [2.24, 2.45) is 5.92 Å². The summed E-state index contributed by atoms with van der Waals surface area (Å²) in [5, 5.41) is 9.35. The van der Waals surface area contributed by atoms with Gasteiger partial charge in [0.15, 0.2) is 5.78 Å². The molecule has 0 saturated heterocycles. The van der Waals surface area contributed by atoms with Crippen LogP contribution >= 0.6 is 0 Å². The lowest BCUT2D eigenvalue weighted by Gasteiger charge is -2.07. The van der Waals surface area contributed by atoms with Gasteiger partial charge in [-0.3, -0.25) is 9.59 Å². The maximum Gasteiger partial charge on any atom is 0.261 e. The number of likely N-dealkylation sites (N-methyl/N-ethyl adjacent to an activating group) is 1. The first-order valence-electron chi connectivity index (χ1n) is 4.17. The van der Waals surface area contributed by atoms with Crippen LogP contribution in [0.2, 0.25) is 0 Å². The minimum Gasteiger partial charge on any atom is -0.509 e. The first kappa shape index (κ1) is 9.77. The molecule has 0 aromatic carbocycles. The maximum atomic E-state index is 11.4. The lowest BCUT2D eigenvalue weighted by atomic mass is 10.0. The Morgan fingerprint density at radius 3 is 2.38 bits per heavy atom. The highest BCUT2D eigenvalue weighted by Gasteiger charge is 2.33. The Balaban J connectivity index is 2.98. The number of hydrogen-bond acceptors (Lipinski definition) is 3. The molecule has 1 N–H and O–H groups in total. The topological polar surface area (TPSA) is 57.6 Å². The number of amides is 1. The first-order chi connectivity index (χ1) is 5.95. The van der Waals surface area contributed by atoms with Crippen molar-refractivity contribution in [1.29, 1.82) is 0 Å². The van der Waals surface area contributed by atoms with Crippen LogP contribution < -0.4 is 0 Å². The lowest BCUT2D eigenvalue weighted by Crippen LogP contribution is -2.25. The maximum absolute atomic E-state index is 11.4. The van der Waals surface area contributed by atoms with Crippen molar-refractivity contribution in [1.82, 2.24) is 4.90 Å². The molecule has 0 bridgehead atoms. The molecule has 0 atom stereocenters. The highest BCUT2D eigenvalue weighted by Crippen LogP contribution is 2.19. The number of carbonyl (C=O) groups is 2. The number of aliphatic hydroxyl groups is 1. The monoisotopic (exact) mass is 183 g/mol. The van der Waals surface area contributed by atoms with Gasteiger partial charge in [-0.1, -0.05) is 13.8 Å². The van der Waals surface area contributed by atoms with E-state index in [1.807, 2.05) is 0 Å². The summed E-state index contributed by atoms with van der Waals surface area (Å²) in [5.41, 5.74) is -0.0440. The first-order valence-corrected chi connectivity index (χ1v) is 4.17. The molecule has 0 unspecified atom stereocenters. The summed E-state index contributed by atoms with van der Waals surface area (Å²) in [4.78, 5) is 24.1. The highest BCUT2D eigenvalue weighted by molar-refractivity contribution is 6.21. The molecule has 1 heterocycles. The second-order valence-electron chi connectivity index (χ2n) is 3.50. The number of Topliss-reactive ketones (excluding diaryl/α,β-unsaturated/α-hetero) is 1. The fourth-order valence-electron chi connectivity index (χ4n) is 1.23. The van der Waals surface area contributed by atoms with Crippen LogP contribution in [0.1, 0.15) is 13.8 Å². The summed E-state index contributed by atoms with van der Waals surface area (Å²) < 4.78 is 0. The van der Waals surface area contributed by atoms with Crippen LogP contribution in [-0.2, 0) is 9.59 Å². The average molecular weight is 183 g/mol. The van der Waals surface area contributed by atoms with Gasteiger partial charge >= 0.3 is 0 Å². The second kappa shape index (κ2) is 3.20. The number of carbonyl (C=O) groups excluding carboxylic acids is 2. The third-order valence-electron chi connectivity index (χ3n) is 2.01. The zero-order valence-electron chi connectivity index (χ0n) is 8.00. The second-order valence-corrected chi connectivity index (χ2v) is 3.50. The van der Waals surface area contributed by atoms with E-state index in [9.17, 15) is 14.7 Å². The van der Waals surface area contributed by atoms with Crippen LogP contribution in [0, 0.1) is 5.92 Å². The van der Waals surface area contributed by atoms with Gasteiger partial charge in [-0.15, -0.1) is 0 Å². The Morgan fingerprint density at radius 1 is 1.54 bits per heavy atom. The Bertz CT molecular complexity index is 291. The molecule has 1 aliphatic rings. The molecule has 0 fully saturated rings. The van der Waals surface area contributed by atoms with Crippen molar-refractivity contribution in [2.45, 2.75) is 13.8 Å². The quantitative estimate of drug-likeness (QED) is 0.634.